The number of likely N-dealkylation sites (N-methyl/N-ethyl adjacent to an activating group) is 1. The second-order valence-electron chi connectivity index (χ2n) is 4.86. The molecule has 0 saturated carbocycles. The molecule has 1 saturated heterocycles. The Bertz CT molecular complexity index is 583. The molecule has 0 aliphatic carbocycles. The number of amides is 3. The molecule has 2 N–H and O–H groups in total. The Morgan fingerprint density at radius 3 is 2.75 bits per heavy atom. The number of hydrogen-bond donors (Lipinski definition) is 2. The van der Waals surface area contributed by atoms with Gasteiger partial charge in [0.05, 0.1) is 0 Å². The lowest BCUT2D eigenvalue weighted by molar-refractivity contribution is -0.147. The summed E-state index contributed by atoms with van der Waals surface area (Å²) in [6.07, 6.45) is 0.548. The van der Waals surface area contributed by atoms with Crippen molar-refractivity contribution in [3.05, 3.63) is 29.3 Å². The highest BCUT2D eigenvalue weighted by molar-refractivity contribution is 6.03. The molecule has 1 unspecified atom stereocenters. The maximum atomic E-state index is 12.1. The highest BCUT2D eigenvalue weighted by Gasteiger charge is 2.32. The van der Waals surface area contributed by atoms with Crippen LogP contribution in [0, 0.1) is 6.92 Å². The van der Waals surface area contributed by atoms with Crippen LogP contribution >= 0.6 is 0 Å². The number of carbonyl (C=O) groups is 3. The number of likely N-dealkylation sites (tertiary alicyclic amines) is 1. The molecule has 6 nitrogen and oxygen atoms in total. The normalized spacial score (nSPS) is 19.1. The third-order valence-electron chi connectivity index (χ3n) is 3.41. The van der Waals surface area contributed by atoms with Gasteiger partial charge in [-0.1, -0.05) is 0 Å². The van der Waals surface area contributed by atoms with E-state index in [1.54, 1.807) is 13.0 Å². The number of carbonyl (C=O) groups excluding carboxylic acids is 3. The Labute approximate surface area is 116 Å². The van der Waals surface area contributed by atoms with E-state index in [0.29, 0.717) is 17.5 Å². The van der Waals surface area contributed by atoms with Crippen molar-refractivity contribution in [2.45, 2.75) is 25.8 Å². The lowest BCUT2D eigenvalue weighted by Crippen LogP contribution is -2.52. The summed E-state index contributed by atoms with van der Waals surface area (Å²) in [5.41, 5.74) is 0.951. The van der Waals surface area contributed by atoms with E-state index < -0.39 is 17.9 Å². The van der Waals surface area contributed by atoms with Gasteiger partial charge in [-0.3, -0.25) is 19.3 Å². The van der Waals surface area contributed by atoms with E-state index in [0.717, 1.165) is 4.90 Å². The van der Waals surface area contributed by atoms with Gasteiger partial charge in [0.15, 0.2) is 0 Å². The molecule has 2 rings (SSSR count). The fourth-order valence-electron chi connectivity index (χ4n) is 2.09. The smallest absolute Gasteiger partial charge is 0.251 e. The molecular formula is C14H16N2O4. The quantitative estimate of drug-likeness (QED) is 0.773. The Morgan fingerprint density at radius 2 is 2.10 bits per heavy atom. The number of phenols is 1. The predicted molar refractivity (Wildman–Crippen MR) is 71.1 cm³/mol. The Kier molecular flexibility index (Phi) is 3.74. The number of aryl methyl sites for hydroxylation is 1. The van der Waals surface area contributed by atoms with Crippen molar-refractivity contribution in [3.8, 4) is 5.75 Å². The van der Waals surface area contributed by atoms with E-state index in [2.05, 4.69) is 5.32 Å². The average Bonchev–Trinajstić information content (AvgIpc) is 2.42. The van der Waals surface area contributed by atoms with Gasteiger partial charge in [0.1, 0.15) is 11.8 Å². The molecule has 1 heterocycles. The molecule has 1 fully saturated rings. The minimum Gasteiger partial charge on any atom is -0.508 e. The van der Waals surface area contributed by atoms with Gasteiger partial charge in [0.2, 0.25) is 5.91 Å². The van der Waals surface area contributed by atoms with Gasteiger partial charge >= 0.3 is 0 Å². The summed E-state index contributed by atoms with van der Waals surface area (Å²) in [5.74, 6) is -0.916. The van der Waals surface area contributed by atoms with Crippen LogP contribution in [0.5, 0.6) is 5.75 Å². The van der Waals surface area contributed by atoms with E-state index in [1.807, 2.05) is 0 Å². The molecule has 3 amide bonds. The lowest BCUT2D eigenvalue weighted by atomic mass is 10.0. The maximum Gasteiger partial charge on any atom is 0.251 e. The van der Waals surface area contributed by atoms with Crippen molar-refractivity contribution in [1.29, 1.82) is 0 Å². The zero-order chi connectivity index (χ0) is 14.9. The van der Waals surface area contributed by atoms with Gasteiger partial charge in [0.25, 0.3) is 11.8 Å². The fraction of sp³-hybridized carbons (Fsp3) is 0.357. The van der Waals surface area contributed by atoms with E-state index in [1.165, 1.54) is 19.2 Å². The molecule has 0 aromatic heterocycles. The van der Waals surface area contributed by atoms with E-state index >= 15 is 0 Å². The van der Waals surface area contributed by atoms with Crippen LogP contribution in [-0.4, -0.2) is 40.8 Å². The van der Waals surface area contributed by atoms with Crippen molar-refractivity contribution in [2.24, 2.45) is 0 Å². The number of piperidine rings is 1. The van der Waals surface area contributed by atoms with Crippen molar-refractivity contribution in [3.63, 3.8) is 0 Å². The summed E-state index contributed by atoms with van der Waals surface area (Å²) in [6, 6.07) is 3.79. The lowest BCUT2D eigenvalue weighted by Gasteiger charge is -2.28. The average molecular weight is 276 g/mol. The SMILES string of the molecule is Cc1cc(C(=O)NC2CCC(=O)N(C)C2=O)ccc1O. The number of nitrogens with zero attached hydrogens (tertiary/aromatic N) is 1. The largest absolute Gasteiger partial charge is 0.508 e. The van der Waals surface area contributed by atoms with Crippen molar-refractivity contribution in [2.75, 3.05) is 7.05 Å². The molecule has 0 spiro atoms. The molecule has 20 heavy (non-hydrogen) atoms. The Hall–Kier alpha value is -2.37. The van der Waals surface area contributed by atoms with Crippen molar-refractivity contribution in [1.82, 2.24) is 10.2 Å². The minimum absolute atomic E-state index is 0.112. The van der Waals surface area contributed by atoms with E-state index in [4.69, 9.17) is 0 Å². The first-order valence-corrected chi connectivity index (χ1v) is 6.31. The summed E-state index contributed by atoms with van der Waals surface area (Å²) in [4.78, 5) is 36.3. The Balaban J connectivity index is 2.09. The molecular weight excluding hydrogens is 260 g/mol. The summed E-state index contributed by atoms with van der Waals surface area (Å²) >= 11 is 0. The monoisotopic (exact) mass is 276 g/mol. The first-order valence-electron chi connectivity index (χ1n) is 6.31. The molecule has 6 heteroatoms. The first kappa shape index (κ1) is 14.0. The van der Waals surface area contributed by atoms with Gasteiger partial charge in [-0.2, -0.15) is 0 Å². The van der Waals surface area contributed by atoms with Crippen LogP contribution in [0.1, 0.15) is 28.8 Å². The first-order chi connectivity index (χ1) is 9.40. The number of nitrogens with one attached hydrogen (secondary N) is 1. The molecule has 0 radical (unpaired) electrons. The number of benzene rings is 1. The zero-order valence-corrected chi connectivity index (χ0v) is 11.3. The van der Waals surface area contributed by atoms with Crippen LogP contribution < -0.4 is 5.32 Å². The standard InChI is InChI=1S/C14H16N2O4/c1-8-7-9(3-5-11(8)17)13(19)15-10-4-6-12(18)16(2)14(10)20/h3,5,7,10,17H,4,6H2,1-2H3,(H,15,19). The van der Waals surface area contributed by atoms with Gasteiger partial charge in [-0.05, 0) is 37.1 Å². The second kappa shape index (κ2) is 5.32. The summed E-state index contributed by atoms with van der Waals surface area (Å²) < 4.78 is 0. The Morgan fingerprint density at radius 1 is 1.40 bits per heavy atom. The number of imide groups is 1. The zero-order valence-electron chi connectivity index (χ0n) is 11.3. The fourth-order valence-corrected chi connectivity index (χ4v) is 2.09. The minimum atomic E-state index is -0.681. The summed E-state index contributed by atoms with van der Waals surface area (Å²) in [5, 5.41) is 12.0. The topological polar surface area (TPSA) is 86.7 Å². The second-order valence-corrected chi connectivity index (χ2v) is 4.86. The number of rotatable bonds is 2. The molecule has 1 atom stereocenters. The van der Waals surface area contributed by atoms with Gasteiger partial charge in [-0.15, -0.1) is 0 Å². The number of hydrogen-bond acceptors (Lipinski definition) is 4. The van der Waals surface area contributed by atoms with Crippen LogP contribution in [0.4, 0.5) is 0 Å². The highest BCUT2D eigenvalue weighted by Crippen LogP contribution is 2.18. The molecule has 1 aromatic carbocycles. The van der Waals surface area contributed by atoms with Crippen LogP contribution in [0.15, 0.2) is 18.2 Å². The predicted octanol–water partition coefficient (Wildman–Crippen LogP) is 0.578. The van der Waals surface area contributed by atoms with Crippen molar-refractivity contribution < 1.29 is 19.5 Å². The highest BCUT2D eigenvalue weighted by atomic mass is 16.3. The van der Waals surface area contributed by atoms with Crippen LogP contribution in [0.25, 0.3) is 0 Å². The van der Waals surface area contributed by atoms with E-state index in [-0.39, 0.29) is 18.1 Å². The number of phenolic OH excluding ortho intramolecular Hbond substituents is 1. The molecule has 1 aliphatic heterocycles. The van der Waals surface area contributed by atoms with Crippen LogP contribution in [-0.2, 0) is 9.59 Å². The van der Waals surface area contributed by atoms with E-state index in [9.17, 15) is 19.5 Å². The third-order valence-corrected chi connectivity index (χ3v) is 3.41. The summed E-state index contributed by atoms with van der Waals surface area (Å²) in [6.45, 7) is 1.68. The van der Waals surface area contributed by atoms with Crippen LogP contribution in [0.3, 0.4) is 0 Å². The van der Waals surface area contributed by atoms with Gasteiger partial charge in [-0.25, -0.2) is 0 Å². The molecule has 0 bridgehead atoms. The van der Waals surface area contributed by atoms with Crippen molar-refractivity contribution >= 4 is 17.7 Å². The van der Waals surface area contributed by atoms with Gasteiger partial charge in [0, 0.05) is 19.0 Å². The maximum absolute atomic E-state index is 12.1. The third kappa shape index (κ3) is 2.64. The molecule has 106 valence electrons. The summed E-state index contributed by atoms with van der Waals surface area (Å²) in [7, 11) is 1.41. The molecule has 1 aliphatic rings. The van der Waals surface area contributed by atoms with Crippen LogP contribution in [0.2, 0.25) is 0 Å². The number of aromatic hydroxyl groups is 1. The van der Waals surface area contributed by atoms with Gasteiger partial charge < -0.3 is 10.4 Å². The molecule has 1 aromatic rings.